The molecule has 0 aliphatic rings. The molecular weight excluding hydrogens is 258 g/mol. The molecule has 0 fully saturated rings. The first-order chi connectivity index (χ1) is 9.36. The molecule has 1 aromatic carbocycles. The average molecular weight is 279 g/mol. The van der Waals surface area contributed by atoms with E-state index in [0.717, 1.165) is 6.42 Å². The van der Waals surface area contributed by atoms with Gasteiger partial charge in [0.05, 0.1) is 23.5 Å². The van der Waals surface area contributed by atoms with E-state index in [1.54, 1.807) is 20.2 Å². The van der Waals surface area contributed by atoms with Crippen molar-refractivity contribution in [2.45, 2.75) is 13.3 Å². The van der Waals surface area contributed by atoms with Crippen molar-refractivity contribution in [1.82, 2.24) is 4.90 Å². The van der Waals surface area contributed by atoms with Gasteiger partial charge < -0.3 is 20.6 Å². The summed E-state index contributed by atoms with van der Waals surface area (Å²) in [5.74, 6) is -1.07. The summed E-state index contributed by atoms with van der Waals surface area (Å²) in [5.41, 5.74) is 7.13. The number of carbonyl (C=O) groups is 2. The normalized spacial score (nSPS) is 10.2. The minimum Gasteiger partial charge on any atom is -0.478 e. The van der Waals surface area contributed by atoms with Gasteiger partial charge in [0.25, 0.3) is 0 Å². The van der Waals surface area contributed by atoms with Crippen LogP contribution < -0.4 is 10.6 Å². The Morgan fingerprint density at radius 2 is 1.95 bits per heavy atom. The molecule has 0 aliphatic carbocycles. The van der Waals surface area contributed by atoms with Crippen LogP contribution in [0.2, 0.25) is 0 Å². The van der Waals surface area contributed by atoms with E-state index in [0.29, 0.717) is 17.9 Å². The molecule has 0 saturated heterocycles. The van der Waals surface area contributed by atoms with Gasteiger partial charge >= 0.3 is 5.97 Å². The standard InChI is InChI=1S/C14H21N3O3/c1-4-7-17(9-13(18)16(2)3)12-8-10(14(19)20)5-6-11(12)15/h5-6,8H,4,7,9,15H2,1-3H3,(H,19,20). The van der Waals surface area contributed by atoms with Gasteiger partial charge in [-0.2, -0.15) is 0 Å². The van der Waals surface area contributed by atoms with Gasteiger partial charge in [-0.1, -0.05) is 6.92 Å². The Morgan fingerprint density at radius 3 is 2.45 bits per heavy atom. The number of carbonyl (C=O) groups excluding carboxylic acids is 1. The quantitative estimate of drug-likeness (QED) is 0.766. The number of aromatic carboxylic acids is 1. The molecule has 0 heterocycles. The minimum atomic E-state index is -1.01. The Balaban J connectivity index is 3.10. The summed E-state index contributed by atoms with van der Waals surface area (Å²) in [4.78, 5) is 26.2. The fourth-order valence-corrected chi connectivity index (χ4v) is 1.81. The molecule has 1 rings (SSSR count). The Kier molecular flexibility index (Phi) is 5.37. The predicted molar refractivity (Wildman–Crippen MR) is 79.0 cm³/mol. The Labute approximate surface area is 118 Å². The van der Waals surface area contributed by atoms with Crippen LogP contribution in [0.15, 0.2) is 18.2 Å². The van der Waals surface area contributed by atoms with E-state index in [-0.39, 0.29) is 18.0 Å². The van der Waals surface area contributed by atoms with Gasteiger partial charge in [0.15, 0.2) is 0 Å². The zero-order valence-electron chi connectivity index (χ0n) is 12.1. The second-order valence-corrected chi connectivity index (χ2v) is 4.79. The van der Waals surface area contributed by atoms with Crippen molar-refractivity contribution < 1.29 is 14.7 Å². The van der Waals surface area contributed by atoms with Gasteiger partial charge in [0, 0.05) is 20.6 Å². The van der Waals surface area contributed by atoms with E-state index in [1.165, 1.54) is 17.0 Å². The highest BCUT2D eigenvalue weighted by atomic mass is 16.4. The van der Waals surface area contributed by atoms with Gasteiger partial charge in [0.2, 0.25) is 5.91 Å². The van der Waals surface area contributed by atoms with Crippen molar-refractivity contribution in [3.05, 3.63) is 23.8 Å². The molecule has 0 bridgehead atoms. The molecular formula is C14H21N3O3. The lowest BCUT2D eigenvalue weighted by Gasteiger charge is -2.26. The average Bonchev–Trinajstić information content (AvgIpc) is 2.38. The first-order valence-electron chi connectivity index (χ1n) is 6.44. The molecule has 1 amide bonds. The lowest BCUT2D eigenvalue weighted by atomic mass is 10.1. The van der Waals surface area contributed by atoms with E-state index < -0.39 is 5.97 Å². The number of benzene rings is 1. The lowest BCUT2D eigenvalue weighted by molar-refractivity contribution is -0.127. The SMILES string of the molecule is CCCN(CC(=O)N(C)C)c1cc(C(=O)O)ccc1N. The van der Waals surface area contributed by atoms with Gasteiger partial charge in [0.1, 0.15) is 0 Å². The van der Waals surface area contributed by atoms with Crippen molar-refractivity contribution in [1.29, 1.82) is 0 Å². The topological polar surface area (TPSA) is 86.9 Å². The zero-order chi connectivity index (χ0) is 15.3. The molecule has 0 aromatic heterocycles. The summed E-state index contributed by atoms with van der Waals surface area (Å²) in [6.07, 6.45) is 0.831. The van der Waals surface area contributed by atoms with Crippen molar-refractivity contribution in [3.8, 4) is 0 Å². The van der Waals surface area contributed by atoms with Crippen molar-refractivity contribution in [2.75, 3.05) is 37.8 Å². The monoisotopic (exact) mass is 279 g/mol. The number of nitrogen functional groups attached to an aromatic ring is 1. The van der Waals surface area contributed by atoms with Crippen LogP contribution in [0.25, 0.3) is 0 Å². The molecule has 0 unspecified atom stereocenters. The smallest absolute Gasteiger partial charge is 0.335 e. The van der Waals surface area contributed by atoms with Crippen LogP contribution in [0, 0.1) is 0 Å². The number of carboxylic acids is 1. The second-order valence-electron chi connectivity index (χ2n) is 4.79. The largest absolute Gasteiger partial charge is 0.478 e. The maximum Gasteiger partial charge on any atom is 0.335 e. The molecule has 1 aromatic rings. The van der Waals surface area contributed by atoms with Gasteiger partial charge in [-0.25, -0.2) is 4.79 Å². The summed E-state index contributed by atoms with van der Waals surface area (Å²) < 4.78 is 0. The Bertz CT molecular complexity index is 500. The summed E-state index contributed by atoms with van der Waals surface area (Å²) in [7, 11) is 3.37. The first-order valence-corrected chi connectivity index (χ1v) is 6.44. The van der Waals surface area contributed by atoms with Gasteiger partial charge in [-0.15, -0.1) is 0 Å². The number of nitrogens with zero attached hydrogens (tertiary/aromatic N) is 2. The maximum atomic E-state index is 11.9. The number of nitrogens with two attached hydrogens (primary N) is 1. The first kappa shape index (κ1) is 15.8. The maximum absolute atomic E-state index is 11.9. The summed E-state index contributed by atoms with van der Waals surface area (Å²) in [6, 6.07) is 4.52. The predicted octanol–water partition coefficient (Wildman–Crippen LogP) is 1.27. The molecule has 0 atom stereocenters. The van der Waals surface area contributed by atoms with Crippen LogP contribution >= 0.6 is 0 Å². The number of amides is 1. The second kappa shape index (κ2) is 6.79. The van der Waals surface area contributed by atoms with Crippen molar-refractivity contribution in [3.63, 3.8) is 0 Å². The van der Waals surface area contributed by atoms with Crippen LogP contribution in [-0.2, 0) is 4.79 Å². The number of likely N-dealkylation sites (N-methyl/N-ethyl adjacent to an activating group) is 1. The van der Waals surface area contributed by atoms with E-state index in [9.17, 15) is 9.59 Å². The third-order valence-corrected chi connectivity index (χ3v) is 2.94. The molecule has 110 valence electrons. The summed E-state index contributed by atoms with van der Waals surface area (Å²) in [5, 5.41) is 9.05. The molecule has 0 saturated carbocycles. The Morgan fingerprint density at radius 1 is 1.30 bits per heavy atom. The van der Waals surface area contributed by atoms with Gasteiger partial charge in [-0.3, -0.25) is 4.79 Å². The summed E-state index contributed by atoms with van der Waals surface area (Å²) in [6.45, 7) is 2.80. The third kappa shape index (κ3) is 3.88. The number of hydrogen-bond acceptors (Lipinski definition) is 4. The number of hydrogen-bond donors (Lipinski definition) is 2. The van der Waals surface area contributed by atoms with Crippen molar-refractivity contribution in [2.24, 2.45) is 0 Å². The lowest BCUT2D eigenvalue weighted by Crippen LogP contribution is -2.37. The fourth-order valence-electron chi connectivity index (χ4n) is 1.81. The Hall–Kier alpha value is -2.24. The van der Waals surface area contributed by atoms with Crippen LogP contribution in [0.3, 0.4) is 0 Å². The number of carboxylic acid groups (broad SMARTS) is 1. The molecule has 6 heteroatoms. The molecule has 6 nitrogen and oxygen atoms in total. The molecule has 20 heavy (non-hydrogen) atoms. The molecule has 0 aliphatic heterocycles. The van der Waals surface area contributed by atoms with E-state index in [2.05, 4.69) is 0 Å². The summed E-state index contributed by atoms with van der Waals surface area (Å²) >= 11 is 0. The van der Waals surface area contributed by atoms with Crippen LogP contribution in [-0.4, -0.2) is 49.1 Å². The highest BCUT2D eigenvalue weighted by Crippen LogP contribution is 2.25. The van der Waals surface area contributed by atoms with Gasteiger partial charge in [-0.05, 0) is 24.6 Å². The fraction of sp³-hybridized carbons (Fsp3) is 0.429. The molecule has 0 spiro atoms. The molecule has 3 N–H and O–H groups in total. The zero-order valence-corrected chi connectivity index (χ0v) is 12.1. The minimum absolute atomic E-state index is 0.0569. The van der Waals surface area contributed by atoms with Crippen molar-refractivity contribution >= 4 is 23.3 Å². The third-order valence-electron chi connectivity index (χ3n) is 2.94. The van der Waals surface area contributed by atoms with Crippen LogP contribution in [0.1, 0.15) is 23.7 Å². The highest BCUT2D eigenvalue weighted by Gasteiger charge is 2.16. The van der Waals surface area contributed by atoms with E-state index in [4.69, 9.17) is 10.8 Å². The number of anilines is 2. The van der Waals surface area contributed by atoms with Crippen LogP contribution in [0.4, 0.5) is 11.4 Å². The molecule has 0 radical (unpaired) electrons. The van der Waals surface area contributed by atoms with E-state index in [1.807, 2.05) is 11.8 Å². The van der Waals surface area contributed by atoms with E-state index >= 15 is 0 Å². The highest BCUT2D eigenvalue weighted by molar-refractivity contribution is 5.91. The van der Waals surface area contributed by atoms with Crippen LogP contribution in [0.5, 0.6) is 0 Å². The number of rotatable bonds is 6.